The van der Waals surface area contributed by atoms with Crippen molar-refractivity contribution < 1.29 is 9.53 Å². The van der Waals surface area contributed by atoms with Gasteiger partial charge in [-0.1, -0.05) is 11.3 Å². The molecule has 7 heteroatoms. The van der Waals surface area contributed by atoms with Crippen LogP contribution < -0.4 is 15.6 Å². The molecule has 0 spiro atoms. The molecule has 3 aromatic rings. The summed E-state index contributed by atoms with van der Waals surface area (Å²) in [4.78, 5) is 30.0. The number of carbonyl (C=O) groups excluding carboxylic acids is 1. The summed E-state index contributed by atoms with van der Waals surface area (Å²) in [5.41, 5.74) is 0.745. The molecular formula is C14H11N3O3S. The number of H-pyrrole nitrogens is 1. The molecule has 0 fully saturated rings. The van der Waals surface area contributed by atoms with Crippen molar-refractivity contribution in [2.24, 2.45) is 0 Å². The van der Waals surface area contributed by atoms with E-state index in [1.807, 2.05) is 18.2 Å². The third kappa shape index (κ3) is 2.77. The Balaban J connectivity index is 1.87. The summed E-state index contributed by atoms with van der Waals surface area (Å²) in [7, 11) is 1.60. The van der Waals surface area contributed by atoms with Gasteiger partial charge in [-0.25, -0.2) is 4.98 Å². The molecule has 106 valence electrons. The Morgan fingerprint density at radius 2 is 2.19 bits per heavy atom. The highest BCUT2D eigenvalue weighted by molar-refractivity contribution is 7.22. The molecule has 3 rings (SSSR count). The lowest BCUT2D eigenvalue weighted by molar-refractivity contribution is 0.102. The van der Waals surface area contributed by atoms with E-state index >= 15 is 0 Å². The number of ether oxygens (including phenoxy) is 1. The maximum absolute atomic E-state index is 12.0. The minimum absolute atomic E-state index is 0.288. The molecule has 0 atom stereocenters. The lowest BCUT2D eigenvalue weighted by atomic mass is 10.2. The maximum atomic E-state index is 12.0. The van der Waals surface area contributed by atoms with Gasteiger partial charge in [-0.2, -0.15) is 0 Å². The second-order valence-electron chi connectivity index (χ2n) is 4.25. The molecule has 0 saturated carbocycles. The Kier molecular flexibility index (Phi) is 3.41. The predicted octanol–water partition coefficient (Wildman–Crippen LogP) is 2.25. The van der Waals surface area contributed by atoms with Crippen LogP contribution in [0.3, 0.4) is 0 Å². The first-order valence-corrected chi connectivity index (χ1v) is 6.92. The molecule has 0 aliphatic carbocycles. The van der Waals surface area contributed by atoms with E-state index in [0.717, 1.165) is 16.0 Å². The second kappa shape index (κ2) is 5.37. The Morgan fingerprint density at radius 1 is 1.33 bits per heavy atom. The van der Waals surface area contributed by atoms with Gasteiger partial charge in [0.1, 0.15) is 5.75 Å². The van der Waals surface area contributed by atoms with Gasteiger partial charge in [0.05, 0.1) is 17.3 Å². The first-order chi connectivity index (χ1) is 10.2. The van der Waals surface area contributed by atoms with Gasteiger partial charge in [0.15, 0.2) is 5.13 Å². The van der Waals surface area contributed by atoms with Crippen LogP contribution in [0.25, 0.3) is 10.2 Å². The number of aromatic amines is 1. The largest absolute Gasteiger partial charge is 0.497 e. The summed E-state index contributed by atoms with van der Waals surface area (Å²) in [6.07, 6.45) is 1.43. The number of rotatable bonds is 3. The third-order valence-electron chi connectivity index (χ3n) is 2.85. The van der Waals surface area contributed by atoms with Gasteiger partial charge in [-0.3, -0.25) is 14.9 Å². The zero-order valence-corrected chi connectivity index (χ0v) is 11.9. The number of anilines is 1. The molecule has 6 nitrogen and oxygen atoms in total. The van der Waals surface area contributed by atoms with Crippen molar-refractivity contribution in [2.75, 3.05) is 12.4 Å². The van der Waals surface area contributed by atoms with Gasteiger partial charge in [-0.15, -0.1) is 0 Å². The van der Waals surface area contributed by atoms with Gasteiger partial charge >= 0.3 is 0 Å². The van der Waals surface area contributed by atoms with Gasteiger partial charge in [0.25, 0.3) is 5.91 Å². The molecular weight excluding hydrogens is 290 g/mol. The Labute approximate surface area is 123 Å². The average Bonchev–Trinajstić information content (AvgIpc) is 2.88. The highest BCUT2D eigenvalue weighted by Gasteiger charge is 2.10. The Bertz CT molecular complexity index is 869. The SMILES string of the molecule is COc1ccc2nc(NC(=O)c3cc[nH]c(=O)c3)sc2c1. The number of nitrogens with zero attached hydrogens (tertiary/aromatic N) is 1. The molecule has 1 amide bonds. The van der Waals surface area contributed by atoms with Crippen molar-refractivity contribution in [3.8, 4) is 5.75 Å². The highest BCUT2D eigenvalue weighted by Crippen LogP contribution is 2.29. The molecule has 2 N–H and O–H groups in total. The smallest absolute Gasteiger partial charge is 0.257 e. The number of methoxy groups -OCH3 is 1. The van der Waals surface area contributed by atoms with E-state index in [4.69, 9.17) is 4.74 Å². The molecule has 0 unspecified atom stereocenters. The van der Waals surface area contributed by atoms with Crippen LogP contribution in [0, 0.1) is 0 Å². The first-order valence-electron chi connectivity index (χ1n) is 6.10. The highest BCUT2D eigenvalue weighted by atomic mass is 32.1. The number of thiazole rings is 1. The number of carbonyl (C=O) groups is 1. The monoisotopic (exact) mass is 301 g/mol. The van der Waals surface area contributed by atoms with E-state index in [-0.39, 0.29) is 17.0 Å². The summed E-state index contributed by atoms with van der Waals surface area (Å²) in [6, 6.07) is 8.27. The second-order valence-corrected chi connectivity index (χ2v) is 5.28. The average molecular weight is 301 g/mol. The molecule has 2 aromatic heterocycles. The number of nitrogens with one attached hydrogen (secondary N) is 2. The number of fused-ring (bicyclic) bond motifs is 1. The van der Waals surface area contributed by atoms with Crippen LogP contribution in [0.4, 0.5) is 5.13 Å². The molecule has 21 heavy (non-hydrogen) atoms. The molecule has 0 bridgehead atoms. The van der Waals surface area contributed by atoms with E-state index in [0.29, 0.717) is 5.13 Å². The van der Waals surface area contributed by atoms with Gasteiger partial charge < -0.3 is 9.72 Å². The number of hydrogen-bond donors (Lipinski definition) is 2. The quantitative estimate of drug-likeness (QED) is 0.777. The maximum Gasteiger partial charge on any atom is 0.257 e. The number of amides is 1. The number of aromatic nitrogens is 2. The van der Waals surface area contributed by atoms with Gasteiger partial charge in [-0.05, 0) is 24.3 Å². The standard InChI is InChI=1S/C14H11N3O3S/c1-20-9-2-3-10-11(7-9)21-14(16-10)17-13(19)8-4-5-15-12(18)6-8/h2-7H,1H3,(H,15,18)(H,16,17,19). The molecule has 0 aliphatic rings. The van der Waals surface area contributed by atoms with Crippen molar-refractivity contribution in [3.63, 3.8) is 0 Å². The predicted molar refractivity (Wildman–Crippen MR) is 81.2 cm³/mol. The van der Waals surface area contributed by atoms with Crippen LogP contribution in [-0.4, -0.2) is 23.0 Å². The fourth-order valence-electron chi connectivity index (χ4n) is 1.84. The molecule has 1 aromatic carbocycles. The topological polar surface area (TPSA) is 84.1 Å². The molecule has 0 aliphatic heterocycles. The summed E-state index contributed by atoms with van der Waals surface area (Å²) in [5.74, 6) is 0.366. The van der Waals surface area contributed by atoms with Crippen LogP contribution in [0.15, 0.2) is 41.3 Å². The Morgan fingerprint density at radius 3 is 2.95 bits per heavy atom. The van der Waals surface area contributed by atoms with Crippen molar-refractivity contribution in [2.45, 2.75) is 0 Å². The van der Waals surface area contributed by atoms with Crippen LogP contribution in [0.2, 0.25) is 0 Å². The van der Waals surface area contributed by atoms with Crippen LogP contribution in [-0.2, 0) is 0 Å². The molecule has 0 radical (unpaired) electrons. The molecule has 2 heterocycles. The van der Waals surface area contributed by atoms with Crippen LogP contribution in [0.5, 0.6) is 5.75 Å². The summed E-state index contributed by atoms with van der Waals surface area (Å²) in [5, 5.41) is 3.16. The van der Waals surface area contributed by atoms with E-state index < -0.39 is 0 Å². The fraction of sp³-hybridized carbons (Fsp3) is 0.0714. The number of benzene rings is 1. The van der Waals surface area contributed by atoms with E-state index in [1.54, 1.807) is 7.11 Å². The zero-order valence-electron chi connectivity index (χ0n) is 11.0. The minimum atomic E-state index is -0.368. The lowest BCUT2D eigenvalue weighted by Gasteiger charge is -1.99. The van der Waals surface area contributed by atoms with E-state index in [2.05, 4.69) is 15.3 Å². The van der Waals surface area contributed by atoms with Crippen molar-refractivity contribution in [3.05, 3.63) is 52.4 Å². The molecule has 0 saturated heterocycles. The third-order valence-corrected chi connectivity index (χ3v) is 3.79. The number of pyridine rings is 1. The lowest BCUT2D eigenvalue weighted by Crippen LogP contribution is -2.15. The summed E-state index contributed by atoms with van der Waals surface area (Å²) in [6.45, 7) is 0. The van der Waals surface area contributed by atoms with Gasteiger partial charge in [0.2, 0.25) is 5.56 Å². The number of hydrogen-bond acceptors (Lipinski definition) is 5. The first kappa shape index (κ1) is 13.3. The zero-order chi connectivity index (χ0) is 14.8. The van der Waals surface area contributed by atoms with Crippen LogP contribution in [0.1, 0.15) is 10.4 Å². The summed E-state index contributed by atoms with van der Waals surface area (Å²) >= 11 is 1.35. The van der Waals surface area contributed by atoms with Crippen molar-refractivity contribution in [1.82, 2.24) is 9.97 Å². The summed E-state index contributed by atoms with van der Waals surface area (Å²) < 4.78 is 6.06. The van der Waals surface area contributed by atoms with E-state index in [1.165, 1.54) is 29.7 Å². The van der Waals surface area contributed by atoms with Crippen molar-refractivity contribution >= 4 is 32.6 Å². The van der Waals surface area contributed by atoms with Crippen molar-refractivity contribution in [1.29, 1.82) is 0 Å². The Hall–Kier alpha value is -2.67. The normalized spacial score (nSPS) is 10.5. The minimum Gasteiger partial charge on any atom is -0.497 e. The fourth-order valence-corrected chi connectivity index (χ4v) is 2.73. The van der Waals surface area contributed by atoms with Gasteiger partial charge in [0, 0.05) is 17.8 Å². The van der Waals surface area contributed by atoms with E-state index in [9.17, 15) is 9.59 Å². The van der Waals surface area contributed by atoms with Crippen LogP contribution >= 0.6 is 11.3 Å².